The summed E-state index contributed by atoms with van der Waals surface area (Å²) >= 11 is 1.50. The Kier molecular flexibility index (Phi) is 5.70. The maximum absolute atomic E-state index is 10.3. The van der Waals surface area contributed by atoms with E-state index in [0.717, 1.165) is 10.5 Å². The van der Waals surface area contributed by atoms with E-state index >= 15 is 0 Å². The molecule has 0 spiro atoms. The van der Waals surface area contributed by atoms with Crippen molar-refractivity contribution in [3.63, 3.8) is 0 Å². The lowest BCUT2D eigenvalue weighted by Crippen LogP contribution is -2.52. The van der Waals surface area contributed by atoms with Gasteiger partial charge in [-0.25, -0.2) is 0 Å². The van der Waals surface area contributed by atoms with E-state index in [1.165, 1.54) is 11.8 Å². The third-order valence-corrected chi connectivity index (χ3v) is 4.89. The topological polar surface area (TPSA) is 58.9 Å². The number of rotatable bonds is 5. The average Bonchev–Trinajstić information content (AvgIpc) is 2.60. The lowest BCUT2D eigenvalue weighted by Gasteiger charge is -2.37. The number of aliphatic hydroxyl groups is 2. The van der Waals surface area contributed by atoms with Gasteiger partial charge in [-0.05, 0) is 17.7 Å². The fourth-order valence-corrected chi connectivity index (χ4v) is 3.55. The molecule has 5 heteroatoms. The second-order valence-corrected chi connectivity index (χ2v) is 6.62. The molecule has 0 bridgehead atoms. The first-order valence-electron chi connectivity index (χ1n) is 7.59. The van der Waals surface area contributed by atoms with Crippen molar-refractivity contribution < 1.29 is 19.7 Å². The molecule has 0 saturated carbocycles. The fraction of sp³-hybridized carbons (Fsp3) is 0.333. The number of hydrogen-bond acceptors (Lipinski definition) is 5. The predicted molar refractivity (Wildman–Crippen MR) is 89.1 cm³/mol. The first-order valence-corrected chi connectivity index (χ1v) is 8.47. The van der Waals surface area contributed by atoms with E-state index in [-0.39, 0.29) is 12.0 Å². The van der Waals surface area contributed by atoms with Crippen LogP contribution in [0.25, 0.3) is 0 Å². The maximum atomic E-state index is 10.3. The molecule has 122 valence electrons. The van der Waals surface area contributed by atoms with Crippen molar-refractivity contribution in [2.75, 3.05) is 6.61 Å². The van der Waals surface area contributed by atoms with Crippen molar-refractivity contribution in [3.8, 4) is 0 Å². The Labute approximate surface area is 140 Å². The van der Waals surface area contributed by atoms with Crippen LogP contribution in [0.4, 0.5) is 0 Å². The number of benzene rings is 2. The minimum atomic E-state index is -0.964. The summed E-state index contributed by atoms with van der Waals surface area (Å²) in [5.41, 5.74) is 0.655. The van der Waals surface area contributed by atoms with Crippen molar-refractivity contribution in [3.05, 3.63) is 66.2 Å². The highest BCUT2D eigenvalue weighted by molar-refractivity contribution is 7.99. The van der Waals surface area contributed by atoms with Gasteiger partial charge in [-0.2, -0.15) is 0 Å². The minimum Gasteiger partial charge on any atom is -0.388 e. The monoisotopic (exact) mass is 332 g/mol. The summed E-state index contributed by atoms with van der Waals surface area (Å²) in [6.45, 7) is 0.474. The minimum absolute atomic E-state index is 0.108. The van der Waals surface area contributed by atoms with E-state index in [0.29, 0.717) is 6.61 Å². The molecule has 1 aliphatic rings. The molecule has 0 aliphatic carbocycles. The van der Waals surface area contributed by atoms with Crippen LogP contribution in [0.3, 0.4) is 0 Å². The molecule has 0 amide bonds. The van der Waals surface area contributed by atoms with Crippen LogP contribution in [-0.4, -0.2) is 40.6 Å². The molecule has 2 N–H and O–H groups in total. The fourth-order valence-electron chi connectivity index (χ4n) is 2.44. The maximum Gasteiger partial charge on any atom is 0.136 e. The number of thioether (sulfide) groups is 1. The van der Waals surface area contributed by atoms with E-state index in [1.807, 2.05) is 60.7 Å². The first-order chi connectivity index (χ1) is 11.2. The van der Waals surface area contributed by atoms with Gasteiger partial charge < -0.3 is 19.7 Å². The van der Waals surface area contributed by atoms with Gasteiger partial charge in [0.05, 0.1) is 13.2 Å². The van der Waals surface area contributed by atoms with E-state index in [1.54, 1.807) is 0 Å². The molecule has 4 atom stereocenters. The van der Waals surface area contributed by atoms with Crippen molar-refractivity contribution in [2.24, 2.45) is 0 Å². The van der Waals surface area contributed by atoms with Crippen LogP contribution in [0.2, 0.25) is 0 Å². The molecule has 2 aromatic rings. The Morgan fingerprint density at radius 1 is 1.00 bits per heavy atom. The normalized spacial score (nSPS) is 27.7. The van der Waals surface area contributed by atoms with Gasteiger partial charge in [0.2, 0.25) is 0 Å². The third kappa shape index (κ3) is 4.34. The van der Waals surface area contributed by atoms with E-state index in [9.17, 15) is 10.2 Å². The zero-order valence-electron chi connectivity index (χ0n) is 12.6. The SMILES string of the molecule is O[C@@H]1[C@@H](OCc2ccccc2)[C@H](Sc2ccccc2)OC[C@@H]1O. The molecular formula is C18H20O4S. The zero-order chi connectivity index (χ0) is 16.1. The average molecular weight is 332 g/mol. The van der Waals surface area contributed by atoms with Crippen LogP contribution in [0, 0.1) is 0 Å². The second-order valence-electron chi connectivity index (χ2n) is 5.45. The predicted octanol–water partition coefficient (Wildman–Crippen LogP) is 2.44. The number of ether oxygens (including phenoxy) is 2. The molecule has 2 aromatic carbocycles. The quantitative estimate of drug-likeness (QED) is 0.881. The Bertz CT molecular complexity index is 592. The summed E-state index contributed by atoms with van der Waals surface area (Å²) < 4.78 is 11.6. The van der Waals surface area contributed by atoms with Gasteiger partial charge in [0.1, 0.15) is 23.7 Å². The molecule has 1 heterocycles. The van der Waals surface area contributed by atoms with Gasteiger partial charge in [0.25, 0.3) is 0 Å². The Hall–Kier alpha value is -1.37. The molecule has 4 nitrogen and oxygen atoms in total. The molecule has 3 rings (SSSR count). The molecule has 23 heavy (non-hydrogen) atoms. The van der Waals surface area contributed by atoms with E-state index < -0.39 is 18.3 Å². The Balaban J connectivity index is 1.68. The van der Waals surface area contributed by atoms with Gasteiger partial charge in [-0.3, -0.25) is 0 Å². The van der Waals surface area contributed by atoms with Crippen LogP contribution in [0.5, 0.6) is 0 Å². The highest BCUT2D eigenvalue weighted by Crippen LogP contribution is 2.32. The van der Waals surface area contributed by atoms with E-state index in [4.69, 9.17) is 9.47 Å². The molecule has 1 aliphatic heterocycles. The smallest absolute Gasteiger partial charge is 0.136 e. The van der Waals surface area contributed by atoms with Crippen molar-refractivity contribution in [1.29, 1.82) is 0 Å². The van der Waals surface area contributed by atoms with Crippen molar-refractivity contribution in [1.82, 2.24) is 0 Å². The van der Waals surface area contributed by atoms with Crippen LogP contribution in [-0.2, 0) is 16.1 Å². The summed E-state index contributed by atoms with van der Waals surface area (Å²) in [6.07, 6.45) is -2.48. The highest BCUT2D eigenvalue weighted by atomic mass is 32.2. The van der Waals surface area contributed by atoms with E-state index in [2.05, 4.69) is 0 Å². The summed E-state index contributed by atoms with van der Waals surface area (Å²) in [5.74, 6) is 0. The summed E-state index contributed by atoms with van der Waals surface area (Å²) in [6, 6.07) is 19.6. The van der Waals surface area contributed by atoms with Crippen molar-refractivity contribution >= 4 is 11.8 Å². The van der Waals surface area contributed by atoms with Gasteiger partial charge in [0, 0.05) is 4.90 Å². The standard InChI is InChI=1S/C18H20O4S/c19-15-12-22-18(23-14-9-5-2-6-10-14)17(16(15)20)21-11-13-7-3-1-4-8-13/h1-10,15-20H,11-12H2/t15-,16-,17+,18-/m0/s1. The van der Waals surface area contributed by atoms with Crippen LogP contribution >= 0.6 is 11.8 Å². The summed E-state index contributed by atoms with van der Waals surface area (Å²) in [4.78, 5) is 1.04. The van der Waals surface area contributed by atoms with Gasteiger partial charge in [-0.15, -0.1) is 0 Å². The summed E-state index contributed by atoms with van der Waals surface area (Å²) in [5, 5.41) is 20.2. The Morgan fingerprint density at radius 2 is 1.65 bits per heavy atom. The molecular weight excluding hydrogens is 312 g/mol. The van der Waals surface area contributed by atoms with Crippen LogP contribution < -0.4 is 0 Å². The largest absolute Gasteiger partial charge is 0.388 e. The highest BCUT2D eigenvalue weighted by Gasteiger charge is 2.40. The first kappa shape index (κ1) is 16.5. The molecule has 1 fully saturated rings. The summed E-state index contributed by atoms with van der Waals surface area (Å²) in [7, 11) is 0. The van der Waals surface area contributed by atoms with Crippen LogP contribution in [0.15, 0.2) is 65.6 Å². The number of aliphatic hydroxyl groups excluding tert-OH is 2. The lowest BCUT2D eigenvalue weighted by atomic mass is 10.1. The number of hydrogen-bond donors (Lipinski definition) is 2. The van der Waals surface area contributed by atoms with Gasteiger partial charge in [0.15, 0.2) is 0 Å². The molecule has 0 unspecified atom stereocenters. The lowest BCUT2D eigenvalue weighted by molar-refractivity contribution is -0.183. The molecule has 1 saturated heterocycles. The molecule has 0 aromatic heterocycles. The van der Waals surface area contributed by atoms with Gasteiger partial charge in [-0.1, -0.05) is 60.3 Å². The molecule has 0 radical (unpaired) electrons. The second kappa shape index (κ2) is 7.95. The van der Waals surface area contributed by atoms with Gasteiger partial charge >= 0.3 is 0 Å². The van der Waals surface area contributed by atoms with Crippen LogP contribution in [0.1, 0.15) is 5.56 Å². The van der Waals surface area contributed by atoms with Crippen molar-refractivity contribution in [2.45, 2.75) is 35.3 Å². The zero-order valence-corrected chi connectivity index (χ0v) is 13.4. The third-order valence-electron chi connectivity index (χ3n) is 3.71. The Morgan fingerprint density at radius 3 is 2.35 bits per heavy atom.